The normalized spacial score (nSPS) is 14.8. The Morgan fingerprint density at radius 3 is 2.22 bits per heavy atom. The molecule has 1 saturated carbocycles. The highest BCUT2D eigenvalue weighted by Gasteiger charge is 2.44. The molecule has 2 N–H and O–H groups in total. The van der Waals surface area contributed by atoms with E-state index >= 15 is 0 Å². The first-order valence-corrected chi connectivity index (χ1v) is 7.80. The van der Waals surface area contributed by atoms with Crippen LogP contribution in [0.4, 0.5) is 10.5 Å². The molecule has 0 bridgehead atoms. The molecule has 23 heavy (non-hydrogen) atoms. The third-order valence-electron chi connectivity index (χ3n) is 4.38. The molecule has 0 spiro atoms. The largest absolute Gasteiger partial charge is 0.337 e. The summed E-state index contributed by atoms with van der Waals surface area (Å²) in [6, 6.07) is 17.0. The summed E-state index contributed by atoms with van der Waals surface area (Å²) in [4.78, 5) is 23.3. The fraction of sp³-hybridized carbons (Fsp3) is 0.263. The van der Waals surface area contributed by atoms with Gasteiger partial charge in [-0.25, -0.2) is 4.79 Å². The van der Waals surface area contributed by atoms with E-state index in [9.17, 15) is 9.59 Å². The SMILES string of the molecule is CC(=O)c1ccc(NC(=O)NCC2(c3ccccc3)CC2)cc1. The van der Waals surface area contributed by atoms with E-state index in [1.165, 1.54) is 12.5 Å². The second-order valence-corrected chi connectivity index (χ2v) is 6.09. The Hall–Kier alpha value is -2.62. The average Bonchev–Trinajstić information content (AvgIpc) is 3.36. The Kier molecular flexibility index (Phi) is 4.15. The van der Waals surface area contributed by atoms with Crippen LogP contribution in [-0.2, 0) is 5.41 Å². The number of anilines is 1. The van der Waals surface area contributed by atoms with Crippen molar-refractivity contribution in [3.8, 4) is 0 Å². The van der Waals surface area contributed by atoms with Crippen molar-refractivity contribution in [3.63, 3.8) is 0 Å². The topological polar surface area (TPSA) is 58.2 Å². The minimum atomic E-state index is -0.220. The lowest BCUT2D eigenvalue weighted by Gasteiger charge is -2.17. The molecule has 2 amide bonds. The minimum absolute atomic E-state index is 0.0135. The van der Waals surface area contributed by atoms with E-state index in [1.807, 2.05) is 18.2 Å². The summed E-state index contributed by atoms with van der Waals surface area (Å²) in [5.74, 6) is 0.0135. The highest BCUT2D eigenvalue weighted by atomic mass is 16.2. The number of nitrogens with one attached hydrogen (secondary N) is 2. The fourth-order valence-corrected chi connectivity index (χ4v) is 2.72. The zero-order valence-corrected chi connectivity index (χ0v) is 13.1. The molecule has 1 aliphatic carbocycles. The van der Waals surface area contributed by atoms with Gasteiger partial charge < -0.3 is 10.6 Å². The lowest BCUT2D eigenvalue weighted by Crippen LogP contribution is -2.35. The summed E-state index contributed by atoms with van der Waals surface area (Å²) in [5.41, 5.74) is 2.69. The van der Waals surface area contributed by atoms with E-state index in [4.69, 9.17) is 0 Å². The van der Waals surface area contributed by atoms with Crippen LogP contribution in [0.15, 0.2) is 54.6 Å². The highest BCUT2D eigenvalue weighted by molar-refractivity contribution is 5.95. The number of amides is 2. The van der Waals surface area contributed by atoms with Gasteiger partial charge in [-0.15, -0.1) is 0 Å². The van der Waals surface area contributed by atoms with Crippen molar-refractivity contribution in [1.82, 2.24) is 5.32 Å². The average molecular weight is 308 g/mol. The van der Waals surface area contributed by atoms with Crippen LogP contribution in [0.2, 0.25) is 0 Å². The number of rotatable bonds is 5. The van der Waals surface area contributed by atoms with Crippen molar-refractivity contribution in [3.05, 3.63) is 65.7 Å². The first-order valence-electron chi connectivity index (χ1n) is 7.80. The van der Waals surface area contributed by atoms with Crippen LogP contribution in [0, 0.1) is 0 Å². The molecule has 1 fully saturated rings. The summed E-state index contributed by atoms with van der Waals surface area (Å²) >= 11 is 0. The van der Waals surface area contributed by atoms with Crippen LogP contribution in [0.25, 0.3) is 0 Å². The van der Waals surface area contributed by atoms with E-state index in [1.54, 1.807) is 24.3 Å². The predicted molar refractivity (Wildman–Crippen MR) is 90.8 cm³/mol. The smallest absolute Gasteiger partial charge is 0.319 e. The predicted octanol–water partition coefficient (Wildman–Crippen LogP) is 3.74. The van der Waals surface area contributed by atoms with Gasteiger partial charge in [0.2, 0.25) is 0 Å². The maximum Gasteiger partial charge on any atom is 0.319 e. The van der Waals surface area contributed by atoms with E-state index in [0.29, 0.717) is 17.8 Å². The molecule has 3 rings (SSSR count). The van der Waals surface area contributed by atoms with Gasteiger partial charge >= 0.3 is 6.03 Å². The van der Waals surface area contributed by atoms with Crippen LogP contribution in [0.1, 0.15) is 35.7 Å². The first kappa shape index (κ1) is 15.3. The van der Waals surface area contributed by atoms with Crippen LogP contribution in [0.3, 0.4) is 0 Å². The van der Waals surface area contributed by atoms with Crippen molar-refractivity contribution in [2.24, 2.45) is 0 Å². The molecule has 2 aromatic carbocycles. The molecular weight excluding hydrogens is 288 g/mol. The molecular formula is C19H20N2O2. The lowest BCUT2D eigenvalue weighted by molar-refractivity contribution is 0.101. The monoisotopic (exact) mass is 308 g/mol. The number of ketones is 1. The molecule has 0 heterocycles. The van der Waals surface area contributed by atoms with Crippen molar-refractivity contribution in [1.29, 1.82) is 0 Å². The number of benzene rings is 2. The van der Waals surface area contributed by atoms with Crippen molar-refractivity contribution in [2.45, 2.75) is 25.2 Å². The molecule has 0 atom stereocenters. The molecule has 0 saturated heterocycles. The molecule has 0 unspecified atom stereocenters. The van der Waals surface area contributed by atoms with Gasteiger partial charge in [0, 0.05) is 23.2 Å². The van der Waals surface area contributed by atoms with Gasteiger partial charge in [-0.3, -0.25) is 4.79 Å². The van der Waals surface area contributed by atoms with Gasteiger partial charge in [-0.05, 0) is 49.6 Å². The maximum absolute atomic E-state index is 12.0. The van der Waals surface area contributed by atoms with E-state index in [0.717, 1.165) is 12.8 Å². The Labute approximate surface area is 135 Å². The summed E-state index contributed by atoms with van der Waals surface area (Å²) in [7, 11) is 0. The third kappa shape index (κ3) is 3.59. The van der Waals surface area contributed by atoms with Gasteiger partial charge in [-0.1, -0.05) is 30.3 Å². The van der Waals surface area contributed by atoms with Gasteiger partial charge in [0.25, 0.3) is 0 Å². The molecule has 0 radical (unpaired) electrons. The Morgan fingerprint density at radius 2 is 1.65 bits per heavy atom. The number of hydrogen-bond donors (Lipinski definition) is 2. The summed E-state index contributed by atoms with van der Waals surface area (Å²) in [6.07, 6.45) is 2.20. The highest BCUT2D eigenvalue weighted by Crippen LogP contribution is 2.47. The Balaban J connectivity index is 1.55. The lowest BCUT2D eigenvalue weighted by atomic mass is 9.96. The van der Waals surface area contributed by atoms with Crippen molar-refractivity contribution in [2.75, 3.05) is 11.9 Å². The molecule has 0 aromatic heterocycles. The van der Waals surface area contributed by atoms with Crippen LogP contribution in [0.5, 0.6) is 0 Å². The van der Waals surface area contributed by atoms with Crippen LogP contribution in [-0.4, -0.2) is 18.4 Å². The summed E-state index contributed by atoms with van der Waals surface area (Å²) in [5, 5.41) is 5.75. The van der Waals surface area contributed by atoms with Gasteiger partial charge in [0.1, 0.15) is 0 Å². The molecule has 4 heteroatoms. The number of carbonyl (C=O) groups is 2. The third-order valence-corrected chi connectivity index (χ3v) is 4.38. The standard InChI is InChI=1S/C19H20N2O2/c1-14(22)15-7-9-17(10-8-15)21-18(23)20-13-19(11-12-19)16-5-3-2-4-6-16/h2-10H,11-13H2,1H3,(H2,20,21,23). The zero-order chi connectivity index (χ0) is 16.3. The van der Waals surface area contributed by atoms with E-state index in [2.05, 4.69) is 22.8 Å². The van der Waals surface area contributed by atoms with Crippen molar-refractivity contribution < 1.29 is 9.59 Å². The molecule has 0 aliphatic heterocycles. The van der Waals surface area contributed by atoms with Gasteiger partial charge in [0.15, 0.2) is 5.78 Å². The number of urea groups is 1. The van der Waals surface area contributed by atoms with E-state index < -0.39 is 0 Å². The second-order valence-electron chi connectivity index (χ2n) is 6.09. The number of Topliss-reactive ketones (excluding diaryl/α,β-unsaturated/α-hetero) is 1. The van der Waals surface area contributed by atoms with Gasteiger partial charge in [-0.2, -0.15) is 0 Å². The van der Waals surface area contributed by atoms with Crippen molar-refractivity contribution >= 4 is 17.5 Å². The first-order chi connectivity index (χ1) is 11.1. The van der Waals surface area contributed by atoms with Gasteiger partial charge in [0.05, 0.1) is 0 Å². The quantitative estimate of drug-likeness (QED) is 0.827. The molecule has 4 nitrogen and oxygen atoms in total. The van der Waals surface area contributed by atoms with E-state index in [-0.39, 0.29) is 17.2 Å². The van der Waals surface area contributed by atoms with Crippen LogP contribution < -0.4 is 10.6 Å². The minimum Gasteiger partial charge on any atom is -0.337 e. The summed E-state index contributed by atoms with van der Waals surface area (Å²) < 4.78 is 0. The second kappa shape index (κ2) is 6.24. The van der Waals surface area contributed by atoms with Crippen LogP contribution >= 0.6 is 0 Å². The summed E-state index contributed by atoms with van der Waals surface area (Å²) in [6.45, 7) is 2.15. The molecule has 118 valence electrons. The fourth-order valence-electron chi connectivity index (χ4n) is 2.72. The number of carbonyl (C=O) groups excluding carboxylic acids is 2. The molecule has 1 aliphatic rings. The molecule has 2 aromatic rings. The number of hydrogen-bond acceptors (Lipinski definition) is 2. The Bertz CT molecular complexity index is 704. The zero-order valence-electron chi connectivity index (χ0n) is 13.1. The maximum atomic E-state index is 12.0. The Morgan fingerprint density at radius 1 is 1.00 bits per heavy atom.